The number of imidazole rings is 1. The molecule has 0 radical (unpaired) electrons. The van der Waals surface area contributed by atoms with E-state index in [1.54, 1.807) is 0 Å². The van der Waals surface area contributed by atoms with E-state index in [2.05, 4.69) is 15.0 Å². The lowest BCUT2D eigenvalue weighted by atomic mass is 10.2. The van der Waals surface area contributed by atoms with Crippen molar-refractivity contribution in [2.75, 3.05) is 18.1 Å². The maximum Gasteiger partial charge on any atom is 0.243 e. The van der Waals surface area contributed by atoms with Gasteiger partial charge in [0.15, 0.2) is 17.3 Å². The second-order valence-electron chi connectivity index (χ2n) is 6.83. The highest BCUT2D eigenvalue weighted by Crippen LogP contribution is 2.31. The van der Waals surface area contributed by atoms with Crippen LogP contribution in [0, 0.1) is 0 Å². The molecule has 150 valence electrons. The first kappa shape index (κ1) is 18.8. The van der Waals surface area contributed by atoms with Crippen LogP contribution < -0.4 is 16.4 Å². The summed E-state index contributed by atoms with van der Waals surface area (Å²) < 4.78 is 5.25. The Hall–Kier alpha value is -3.53. The highest BCUT2D eigenvalue weighted by molar-refractivity contribution is 5.90. The van der Waals surface area contributed by atoms with E-state index in [0.717, 1.165) is 12.0 Å². The van der Waals surface area contributed by atoms with Gasteiger partial charge in [-0.05, 0) is 12.8 Å². The third-order valence-corrected chi connectivity index (χ3v) is 4.75. The van der Waals surface area contributed by atoms with Gasteiger partial charge in [0, 0.05) is 12.1 Å². The van der Waals surface area contributed by atoms with Gasteiger partial charge in [-0.2, -0.15) is 0 Å². The van der Waals surface area contributed by atoms with Crippen LogP contribution >= 0.6 is 0 Å². The summed E-state index contributed by atoms with van der Waals surface area (Å²) in [6.45, 7) is 0.514. The number of amides is 2. The Morgan fingerprint density at radius 1 is 1.17 bits per heavy atom. The first-order chi connectivity index (χ1) is 14.0. The summed E-state index contributed by atoms with van der Waals surface area (Å²) in [6.07, 6.45) is 1.51. The van der Waals surface area contributed by atoms with E-state index in [9.17, 15) is 9.59 Å². The third-order valence-electron chi connectivity index (χ3n) is 4.75. The number of nitrogens with one attached hydrogen (secondary N) is 1. The lowest BCUT2D eigenvalue weighted by Crippen LogP contribution is -2.41. The molecular weight excluding hydrogens is 374 g/mol. The Balaban J connectivity index is 1.79. The van der Waals surface area contributed by atoms with E-state index in [1.807, 2.05) is 35.2 Å². The van der Waals surface area contributed by atoms with Gasteiger partial charge >= 0.3 is 0 Å². The number of H-pyrrole nitrogens is 1. The van der Waals surface area contributed by atoms with Gasteiger partial charge in [-0.3, -0.25) is 9.59 Å². The van der Waals surface area contributed by atoms with Crippen LogP contribution in [0.25, 0.3) is 22.6 Å². The number of anilines is 1. The second kappa shape index (κ2) is 7.84. The van der Waals surface area contributed by atoms with Crippen molar-refractivity contribution in [2.24, 2.45) is 11.5 Å². The number of ether oxygens (including phenoxy) is 1. The maximum atomic E-state index is 11.9. The van der Waals surface area contributed by atoms with Gasteiger partial charge in [0.05, 0.1) is 0 Å². The van der Waals surface area contributed by atoms with Crippen LogP contribution in [0.5, 0.6) is 0 Å². The van der Waals surface area contributed by atoms with Crippen molar-refractivity contribution in [1.82, 2.24) is 19.9 Å². The van der Waals surface area contributed by atoms with E-state index < -0.39 is 11.9 Å². The number of primary amides is 2. The molecule has 1 atom stereocenters. The molecular formula is C19H21N7O3. The predicted octanol–water partition coefficient (Wildman–Crippen LogP) is 0.476. The largest absolute Gasteiger partial charge is 0.368 e. The summed E-state index contributed by atoms with van der Waals surface area (Å²) in [5.41, 5.74) is 12.6. The standard InChI is InChI=1S/C19H21N7O3/c20-13(27)9-29-10-14-22-15-18(23-14)24-17(11-5-2-1-3-6-11)25-19(15)26-8-4-7-12(26)16(21)28/h1-3,5-6,12H,4,7-10H2,(H2,20,27)(H2,21,28)(H,22,23,24,25)/t12-/m0/s1. The highest BCUT2D eigenvalue weighted by Gasteiger charge is 2.32. The number of rotatable bonds is 7. The summed E-state index contributed by atoms with van der Waals surface area (Å²) in [4.78, 5) is 41.6. The number of aromatic amines is 1. The minimum atomic E-state index is -0.561. The van der Waals surface area contributed by atoms with Crippen LogP contribution in [0.1, 0.15) is 18.7 Å². The van der Waals surface area contributed by atoms with Crippen LogP contribution in [0.4, 0.5) is 5.82 Å². The average Bonchev–Trinajstić information content (AvgIpc) is 3.34. The molecule has 0 spiro atoms. The summed E-state index contributed by atoms with van der Waals surface area (Å²) in [6, 6.07) is 9.09. The molecule has 10 nitrogen and oxygen atoms in total. The Morgan fingerprint density at radius 2 is 1.97 bits per heavy atom. The summed E-state index contributed by atoms with van der Waals surface area (Å²) in [5.74, 6) is 0.606. The number of carbonyl (C=O) groups excluding carboxylic acids is 2. The Morgan fingerprint density at radius 3 is 2.69 bits per heavy atom. The van der Waals surface area contributed by atoms with Gasteiger partial charge in [0.1, 0.15) is 30.6 Å². The average molecular weight is 395 g/mol. The molecule has 0 bridgehead atoms. The summed E-state index contributed by atoms with van der Waals surface area (Å²) in [7, 11) is 0. The molecule has 1 aromatic carbocycles. The number of carbonyl (C=O) groups is 2. The fourth-order valence-corrected chi connectivity index (χ4v) is 3.49. The Kier molecular flexibility index (Phi) is 5.09. The topological polar surface area (TPSA) is 153 Å². The van der Waals surface area contributed by atoms with Crippen LogP contribution in [-0.2, 0) is 20.9 Å². The zero-order chi connectivity index (χ0) is 20.4. The minimum absolute atomic E-state index is 0.0681. The first-order valence-electron chi connectivity index (χ1n) is 9.27. The molecule has 0 aliphatic carbocycles. The van der Waals surface area contributed by atoms with Crippen LogP contribution in [-0.4, -0.2) is 50.9 Å². The van der Waals surface area contributed by atoms with Crippen molar-refractivity contribution in [2.45, 2.75) is 25.5 Å². The number of nitrogens with zero attached hydrogens (tertiary/aromatic N) is 4. The molecule has 4 rings (SSSR count). The quantitative estimate of drug-likeness (QED) is 0.526. The number of hydrogen-bond donors (Lipinski definition) is 3. The highest BCUT2D eigenvalue weighted by atomic mass is 16.5. The fraction of sp³-hybridized carbons (Fsp3) is 0.316. The molecule has 1 fully saturated rings. The molecule has 3 aromatic rings. The van der Waals surface area contributed by atoms with Crippen molar-refractivity contribution in [3.63, 3.8) is 0 Å². The molecule has 0 saturated carbocycles. The van der Waals surface area contributed by atoms with Crippen molar-refractivity contribution in [3.05, 3.63) is 36.2 Å². The van der Waals surface area contributed by atoms with Crippen molar-refractivity contribution in [1.29, 1.82) is 0 Å². The van der Waals surface area contributed by atoms with Crippen molar-refractivity contribution >= 4 is 28.8 Å². The SMILES string of the molecule is NC(=O)COCc1nc2nc(-c3ccccc3)nc(N3CCC[C@H]3C(N)=O)c2[nH]1. The van der Waals surface area contributed by atoms with E-state index in [1.165, 1.54) is 0 Å². The molecule has 2 amide bonds. The lowest BCUT2D eigenvalue weighted by molar-refractivity contribution is -0.123. The molecule has 10 heteroatoms. The number of benzene rings is 1. The smallest absolute Gasteiger partial charge is 0.243 e. The first-order valence-corrected chi connectivity index (χ1v) is 9.27. The summed E-state index contributed by atoms with van der Waals surface area (Å²) >= 11 is 0. The normalized spacial score (nSPS) is 16.4. The van der Waals surface area contributed by atoms with Gasteiger partial charge in [0.2, 0.25) is 11.8 Å². The maximum absolute atomic E-state index is 11.9. The molecule has 3 heterocycles. The zero-order valence-electron chi connectivity index (χ0n) is 15.7. The molecule has 0 unspecified atom stereocenters. The van der Waals surface area contributed by atoms with Crippen molar-refractivity contribution < 1.29 is 14.3 Å². The third kappa shape index (κ3) is 3.87. The van der Waals surface area contributed by atoms with E-state index in [0.29, 0.717) is 41.6 Å². The lowest BCUT2D eigenvalue weighted by Gasteiger charge is -2.23. The van der Waals surface area contributed by atoms with Gasteiger partial charge in [-0.25, -0.2) is 15.0 Å². The number of hydrogen-bond acceptors (Lipinski definition) is 7. The monoisotopic (exact) mass is 395 g/mol. The second-order valence-corrected chi connectivity index (χ2v) is 6.83. The number of aromatic nitrogens is 4. The van der Waals surface area contributed by atoms with Crippen LogP contribution in [0.2, 0.25) is 0 Å². The molecule has 1 saturated heterocycles. The zero-order valence-corrected chi connectivity index (χ0v) is 15.7. The molecule has 5 N–H and O–H groups in total. The molecule has 1 aliphatic rings. The Bertz CT molecular complexity index is 1050. The van der Waals surface area contributed by atoms with Gasteiger partial charge in [0.25, 0.3) is 0 Å². The predicted molar refractivity (Wildman–Crippen MR) is 106 cm³/mol. The molecule has 1 aliphatic heterocycles. The molecule has 29 heavy (non-hydrogen) atoms. The van der Waals surface area contributed by atoms with Gasteiger partial charge in [-0.15, -0.1) is 0 Å². The van der Waals surface area contributed by atoms with Crippen LogP contribution in [0.3, 0.4) is 0 Å². The van der Waals surface area contributed by atoms with Gasteiger partial charge in [-0.1, -0.05) is 30.3 Å². The number of fused-ring (bicyclic) bond motifs is 1. The summed E-state index contributed by atoms with van der Waals surface area (Å²) in [5, 5.41) is 0. The van der Waals surface area contributed by atoms with E-state index >= 15 is 0 Å². The molecule has 2 aromatic heterocycles. The van der Waals surface area contributed by atoms with Gasteiger partial charge < -0.3 is 26.1 Å². The minimum Gasteiger partial charge on any atom is -0.368 e. The van der Waals surface area contributed by atoms with Crippen molar-refractivity contribution in [3.8, 4) is 11.4 Å². The van der Waals surface area contributed by atoms with Crippen LogP contribution in [0.15, 0.2) is 30.3 Å². The number of nitrogens with two attached hydrogens (primary N) is 2. The van der Waals surface area contributed by atoms with E-state index in [-0.39, 0.29) is 19.1 Å². The Labute approximate surface area is 166 Å². The fourth-order valence-electron chi connectivity index (χ4n) is 3.49. The van der Waals surface area contributed by atoms with E-state index in [4.69, 9.17) is 21.2 Å².